The summed E-state index contributed by atoms with van der Waals surface area (Å²) in [5, 5.41) is 8.15. The Morgan fingerprint density at radius 3 is 1.74 bits per heavy atom. The molecule has 0 saturated carbocycles. The van der Waals surface area contributed by atoms with Crippen LogP contribution in [0.1, 0.15) is 11.1 Å². The van der Waals surface area contributed by atoms with Crippen LogP contribution in [0.15, 0.2) is 18.2 Å². The van der Waals surface area contributed by atoms with E-state index in [2.05, 4.69) is 4.65 Å². The van der Waals surface area contributed by atoms with E-state index in [1.807, 2.05) is 0 Å². The monoisotopic (exact) mass is 570 g/mol. The van der Waals surface area contributed by atoms with Gasteiger partial charge in [-0.3, -0.25) is 0 Å². The Hall–Kier alpha value is -3.95. The summed E-state index contributed by atoms with van der Waals surface area (Å²) in [4.78, 5) is 0. The molecule has 0 aliphatic heterocycles. The molecular formula is C23H4BF13O2. The van der Waals surface area contributed by atoms with Gasteiger partial charge in [-0.25, -0.2) is 43.9 Å². The maximum Gasteiger partial charge on any atom is 0.560 e. The molecule has 0 saturated heterocycles. The first-order valence-electron chi connectivity index (χ1n) is 10.2. The zero-order valence-electron chi connectivity index (χ0n) is 18.1. The quantitative estimate of drug-likeness (QED) is 0.137. The van der Waals surface area contributed by atoms with E-state index >= 15 is 8.78 Å². The maximum absolute atomic E-state index is 15.2. The highest BCUT2D eigenvalue weighted by Crippen LogP contribution is 2.58. The zero-order valence-corrected chi connectivity index (χ0v) is 18.1. The predicted molar refractivity (Wildman–Crippen MR) is 107 cm³/mol. The van der Waals surface area contributed by atoms with Gasteiger partial charge in [0.1, 0.15) is 5.82 Å². The Labute approximate surface area is 207 Å². The summed E-state index contributed by atoms with van der Waals surface area (Å²) in [6.45, 7) is 0. The van der Waals surface area contributed by atoms with E-state index in [1.165, 1.54) is 0 Å². The number of hydrogen-bond acceptors (Lipinski definition) is 2. The number of fused-ring (bicyclic) bond motifs is 4. The van der Waals surface area contributed by atoms with Crippen molar-refractivity contribution in [2.24, 2.45) is 0 Å². The first kappa shape index (κ1) is 26.7. The molecule has 16 heteroatoms. The normalized spacial score (nSPS) is 13.6. The van der Waals surface area contributed by atoms with Gasteiger partial charge in [-0.2, -0.15) is 13.2 Å². The number of halogens is 13. The Bertz CT molecular complexity index is 1760. The van der Waals surface area contributed by atoms with Gasteiger partial charge in [0, 0.05) is 16.6 Å². The highest BCUT2D eigenvalue weighted by atomic mass is 19.3. The molecule has 4 aromatic carbocycles. The van der Waals surface area contributed by atoms with Gasteiger partial charge in [0.2, 0.25) is 5.82 Å². The van der Waals surface area contributed by atoms with Gasteiger partial charge in [-0.1, -0.05) is 6.07 Å². The first-order valence-corrected chi connectivity index (χ1v) is 10.2. The molecule has 39 heavy (non-hydrogen) atoms. The average molecular weight is 570 g/mol. The number of alkyl halides is 2. The molecule has 0 aromatic heterocycles. The summed E-state index contributed by atoms with van der Waals surface area (Å²) in [5.74, 6) is -33.7. The summed E-state index contributed by atoms with van der Waals surface area (Å²) < 4.78 is 191. The standard InChI is InChI=1S/C23H4BF13O2/c25-6-2-1-5(4-3-7(26)13(27)14(28)8(4)6)24(38)39-22-12-10(16(30)19(33)21(22)35)9-11(23(12,36)37)17(31)20(34)18(32)15(9)29/h1-3,38H. The molecule has 2 nitrogen and oxygen atoms in total. The highest BCUT2D eigenvalue weighted by molar-refractivity contribution is 6.64. The van der Waals surface area contributed by atoms with Crippen molar-refractivity contribution in [1.82, 2.24) is 0 Å². The lowest BCUT2D eigenvalue weighted by atomic mass is 9.76. The van der Waals surface area contributed by atoms with Gasteiger partial charge in [-0.15, -0.1) is 0 Å². The van der Waals surface area contributed by atoms with Crippen LogP contribution in [0.25, 0.3) is 21.9 Å². The van der Waals surface area contributed by atoms with Gasteiger partial charge in [0.25, 0.3) is 0 Å². The van der Waals surface area contributed by atoms with Crippen molar-refractivity contribution in [3.8, 4) is 16.9 Å². The summed E-state index contributed by atoms with van der Waals surface area (Å²) in [7, 11) is -2.90. The Morgan fingerprint density at radius 1 is 0.590 bits per heavy atom. The van der Waals surface area contributed by atoms with E-state index in [9.17, 15) is 53.3 Å². The molecule has 202 valence electrons. The molecule has 1 N–H and O–H groups in total. The van der Waals surface area contributed by atoms with Crippen LogP contribution in [0.3, 0.4) is 0 Å². The summed E-state index contributed by atoms with van der Waals surface area (Å²) in [6, 6.07) is 0.997. The molecule has 0 unspecified atom stereocenters. The Balaban J connectivity index is 1.78. The molecule has 0 bridgehead atoms. The van der Waals surface area contributed by atoms with Crippen molar-refractivity contribution in [1.29, 1.82) is 0 Å². The minimum Gasteiger partial charge on any atom is -0.530 e. The SMILES string of the molecule is OB(Oc1c(F)c(F)c(F)c2c1C(F)(F)c1c(F)c(F)c(F)c(F)c1-2)c1ccc(F)c2c(F)c(F)c(F)cc12. The fourth-order valence-corrected chi connectivity index (χ4v) is 4.35. The van der Waals surface area contributed by atoms with Crippen molar-refractivity contribution in [3.05, 3.63) is 93.3 Å². The highest BCUT2D eigenvalue weighted by Gasteiger charge is 2.55. The van der Waals surface area contributed by atoms with Crippen LogP contribution in [0, 0.1) is 64.0 Å². The molecule has 1 aliphatic carbocycles. The Morgan fingerprint density at radius 2 is 1.13 bits per heavy atom. The van der Waals surface area contributed by atoms with Gasteiger partial charge >= 0.3 is 13.0 Å². The second-order valence-corrected chi connectivity index (χ2v) is 8.12. The van der Waals surface area contributed by atoms with E-state index in [4.69, 9.17) is 0 Å². The van der Waals surface area contributed by atoms with E-state index in [-0.39, 0.29) is 6.07 Å². The molecule has 5 rings (SSSR count). The minimum absolute atomic E-state index is 0.130. The number of benzene rings is 4. The van der Waals surface area contributed by atoms with Crippen LogP contribution >= 0.6 is 0 Å². The molecule has 0 amide bonds. The number of rotatable bonds is 3. The molecule has 0 atom stereocenters. The molecule has 4 aromatic rings. The molecular weight excluding hydrogens is 566 g/mol. The lowest BCUT2D eigenvalue weighted by Crippen LogP contribution is -2.38. The average Bonchev–Trinajstić information content (AvgIpc) is 3.13. The molecule has 0 fully saturated rings. The number of hydrogen-bond donors (Lipinski definition) is 1. The van der Waals surface area contributed by atoms with Gasteiger partial charge in [0.05, 0.1) is 16.5 Å². The summed E-state index contributed by atoms with van der Waals surface area (Å²) in [5.41, 5.74) is -9.55. The zero-order chi connectivity index (χ0) is 28.9. The van der Waals surface area contributed by atoms with E-state index in [1.54, 1.807) is 0 Å². The molecule has 0 radical (unpaired) electrons. The lowest BCUT2D eigenvalue weighted by molar-refractivity contribution is 0.0404. The van der Waals surface area contributed by atoms with E-state index in [0.717, 1.165) is 0 Å². The van der Waals surface area contributed by atoms with Gasteiger partial charge < -0.3 is 9.68 Å². The largest absolute Gasteiger partial charge is 0.560 e. The van der Waals surface area contributed by atoms with Crippen molar-refractivity contribution in [2.45, 2.75) is 5.92 Å². The lowest BCUT2D eigenvalue weighted by Gasteiger charge is -2.20. The van der Waals surface area contributed by atoms with E-state index < -0.39 is 121 Å². The molecule has 1 aliphatic rings. The third-order valence-electron chi connectivity index (χ3n) is 6.04. The van der Waals surface area contributed by atoms with Crippen molar-refractivity contribution in [3.63, 3.8) is 0 Å². The fraction of sp³-hybridized carbons (Fsp3) is 0.0435. The van der Waals surface area contributed by atoms with Crippen LogP contribution in [0.2, 0.25) is 0 Å². The van der Waals surface area contributed by atoms with Crippen LogP contribution in [-0.2, 0) is 5.92 Å². The summed E-state index contributed by atoms with van der Waals surface area (Å²) >= 11 is 0. The first-order chi connectivity index (χ1) is 18.1. The second kappa shape index (κ2) is 8.53. The smallest absolute Gasteiger partial charge is 0.530 e. The van der Waals surface area contributed by atoms with Crippen LogP contribution < -0.4 is 10.1 Å². The van der Waals surface area contributed by atoms with Crippen molar-refractivity contribution < 1.29 is 66.8 Å². The second-order valence-electron chi connectivity index (χ2n) is 8.12. The van der Waals surface area contributed by atoms with Crippen LogP contribution in [-0.4, -0.2) is 12.1 Å². The van der Waals surface area contributed by atoms with Gasteiger partial charge in [0.15, 0.2) is 58.1 Å². The van der Waals surface area contributed by atoms with E-state index in [0.29, 0.717) is 12.1 Å². The maximum atomic E-state index is 15.2. The third kappa shape index (κ3) is 3.43. The van der Waals surface area contributed by atoms with Gasteiger partial charge in [-0.05, 0) is 17.5 Å². The third-order valence-corrected chi connectivity index (χ3v) is 6.04. The Kier molecular flexibility index (Phi) is 5.83. The minimum atomic E-state index is -5.15. The van der Waals surface area contributed by atoms with Crippen LogP contribution in [0.5, 0.6) is 5.75 Å². The van der Waals surface area contributed by atoms with Crippen molar-refractivity contribution in [2.75, 3.05) is 0 Å². The fourth-order valence-electron chi connectivity index (χ4n) is 4.35. The van der Waals surface area contributed by atoms with Crippen LogP contribution in [0.4, 0.5) is 57.1 Å². The van der Waals surface area contributed by atoms with Crippen molar-refractivity contribution >= 4 is 23.4 Å². The molecule has 0 heterocycles. The predicted octanol–water partition coefficient (Wildman–Crippen LogP) is 6.26. The molecule has 0 spiro atoms. The summed E-state index contributed by atoms with van der Waals surface area (Å²) in [6.07, 6.45) is 0. The topological polar surface area (TPSA) is 29.5 Å².